The van der Waals surface area contributed by atoms with Gasteiger partial charge in [0.2, 0.25) is 5.91 Å². The Morgan fingerprint density at radius 1 is 1.57 bits per heavy atom. The van der Waals surface area contributed by atoms with E-state index in [9.17, 15) is 14.9 Å². The number of anilines is 1. The first kappa shape index (κ1) is 15.4. The maximum atomic E-state index is 12.1. The Morgan fingerprint density at radius 3 is 3.00 bits per heavy atom. The summed E-state index contributed by atoms with van der Waals surface area (Å²) in [6, 6.07) is 4.77. The van der Waals surface area contributed by atoms with E-state index in [1.807, 2.05) is 6.92 Å². The number of carbonyl (C=O) groups excluding carboxylic acids is 1. The fourth-order valence-corrected chi connectivity index (χ4v) is 2.35. The van der Waals surface area contributed by atoms with E-state index in [4.69, 9.17) is 0 Å². The molecular weight excluding hydrogens is 272 g/mol. The van der Waals surface area contributed by atoms with Crippen LogP contribution in [0, 0.1) is 17.0 Å². The molecule has 21 heavy (non-hydrogen) atoms. The monoisotopic (exact) mass is 292 g/mol. The van der Waals surface area contributed by atoms with Crippen molar-refractivity contribution >= 4 is 17.3 Å². The van der Waals surface area contributed by atoms with E-state index in [-0.39, 0.29) is 11.6 Å². The smallest absolute Gasteiger partial charge is 0.271 e. The highest BCUT2D eigenvalue weighted by molar-refractivity contribution is 5.93. The van der Waals surface area contributed by atoms with Crippen molar-refractivity contribution in [2.45, 2.75) is 19.9 Å². The first-order valence-electron chi connectivity index (χ1n) is 6.97. The topological polar surface area (TPSA) is 87.5 Å². The van der Waals surface area contributed by atoms with Gasteiger partial charge in [-0.25, -0.2) is 0 Å². The van der Waals surface area contributed by atoms with Crippen LogP contribution in [0.1, 0.15) is 12.5 Å². The van der Waals surface area contributed by atoms with Gasteiger partial charge >= 0.3 is 0 Å². The van der Waals surface area contributed by atoms with Gasteiger partial charge in [0.25, 0.3) is 5.69 Å². The fraction of sp³-hybridized carbons (Fsp3) is 0.500. The summed E-state index contributed by atoms with van der Waals surface area (Å²) in [6.07, 6.45) is 0. The molecule has 7 nitrogen and oxygen atoms in total. The van der Waals surface area contributed by atoms with Crippen LogP contribution in [0.5, 0.6) is 0 Å². The van der Waals surface area contributed by atoms with Gasteiger partial charge in [0.15, 0.2) is 0 Å². The molecule has 7 heteroatoms. The summed E-state index contributed by atoms with van der Waals surface area (Å²) in [7, 11) is 0. The third-order valence-electron chi connectivity index (χ3n) is 3.69. The van der Waals surface area contributed by atoms with Crippen LogP contribution >= 0.6 is 0 Å². The van der Waals surface area contributed by atoms with Crippen LogP contribution in [0.25, 0.3) is 0 Å². The van der Waals surface area contributed by atoms with E-state index in [1.165, 1.54) is 12.1 Å². The van der Waals surface area contributed by atoms with Gasteiger partial charge in [0.05, 0.1) is 17.2 Å². The third-order valence-corrected chi connectivity index (χ3v) is 3.69. The van der Waals surface area contributed by atoms with E-state index in [0.29, 0.717) is 18.3 Å². The van der Waals surface area contributed by atoms with E-state index >= 15 is 0 Å². The maximum Gasteiger partial charge on any atom is 0.271 e. The second kappa shape index (κ2) is 6.64. The SMILES string of the molecule is Cc1ccc([N+](=O)[O-])cc1NC(=O)CN1CCNC[C@H]1C. The number of hydrogen-bond acceptors (Lipinski definition) is 5. The number of nitro groups is 1. The van der Waals surface area contributed by atoms with Crippen LogP contribution < -0.4 is 10.6 Å². The Balaban J connectivity index is 2.02. The molecule has 0 bridgehead atoms. The number of rotatable bonds is 4. The third kappa shape index (κ3) is 3.99. The van der Waals surface area contributed by atoms with Crippen LogP contribution in [0.2, 0.25) is 0 Å². The summed E-state index contributed by atoms with van der Waals surface area (Å²) in [5.41, 5.74) is 1.28. The van der Waals surface area contributed by atoms with Gasteiger partial charge in [-0.2, -0.15) is 0 Å². The van der Waals surface area contributed by atoms with E-state index in [2.05, 4.69) is 22.5 Å². The highest BCUT2D eigenvalue weighted by Crippen LogP contribution is 2.21. The Hall–Kier alpha value is -1.99. The Bertz CT molecular complexity index is 547. The van der Waals surface area contributed by atoms with Crippen LogP contribution in [-0.4, -0.2) is 48.0 Å². The van der Waals surface area contributed by atoms with E-state index in [1.54, 1.807) is 6.07 Å². The second-order valence-electron chi connectivity index (χ2n) is 5.33. The molecule has 0 aliphatic carbocycles. The minimum Gasteiger partial charge on any atom is -0.324 e. The molecule has 0 radical (unpaired) electrons. The molecule has 1 amide bonds. The molecule has 1 fully saturated rings. The molecule has 1 atom stereocenters. The number of amides is 1. The molecule has 1 aliphatic rings. The molecular formula is C14H20N4O3. The van der Waals surface area contributed by atoms with E-state index in [0.717, 1.165) is 25.2 Å². The van der Waals surface area contributed by atoms with Crippen LogP contribution in [0.3, 0.4) is 0 Å². The summed E-state index contributed by atoms with van der Waals surface area (Å²) in [4.78, 5) is 24.5. The first-order valence-corrected chi connectivity index (χ1v) is 6.97. The standard InChI is InChI=1S/C14H20N4O3/c1-10-3-4-12(18(20)21)7-13(10)16-14(19)9-17-6-5-15-8-11(17)2/h3-4,7,11,15H,5-6,8-9H2,1-2H3,(H,16,19)/t11-/m1/s1. The van der Waals surface area contributed by atoms with Crippen molar-refractivity contribution in [1.29, 1.82) is 0 Å². The summed E-state index contributed by atoms with van der Waals surface area (Å²) in [5.74, 6) is -0.146. The number of carbonyl (C=O) groups is 1. The lowest BCUT2D eigenvalue weighted by Crippen LogP contribution is -2.52. The summed E-state index contributed by atoms with van der Waals surface area (Å²) < 4.78 is 0. The zero-order chi connectivity index (χ0) is 15.4. The van der Waals surface area contributed by atoms with Gasteiger partial charge in [-0.3, -0.25) is 19.8 Å². The number of hydrogen-bond donors (Lipinski definition) is 2. The number of nitrogens with zero attached hydrogens (tertiary/aromatic N) is 2. The van der Waals surface area contributed by atoms with Crippen LogP contribution in [-0.2, 0) is 4.79 Å². The molecule has 0 unspecified atom stereocenters. The van der Waals surface area contributed by atoms with Gasteiger partial charge in [0, 0.05) is 37.8 Å². The quantitative estimate of drug-likeness (QED) is 0.642. The summed E-state index contributed by atoms with van der Waals surface area (Å²) >= 11 is 0. The number of piperazine rings is 1. The van der Waals surface area contributed by atoms with Crippen molar-refractivity contribution in [2.75, 3.05) is 31.5 Å². The minimum atomic E-state index is -0.465. The lowest BCUT2D eigenvalue weighted by molar-refractivity contribution is -0.384. The molecule has 1 aliphatic heterocycles. The number of nitrogens with one attached hydrogen (secondary N) is 2. The van der Waals surface area contributed by atoms with E-state index < -0.39 is 4.92 Å². The van der Waals surface area contributed by atoms with Gasteiger partial charge in [0.1, 0.15) is 0 Å². The summed E-state index contributed by atoms with van der Waals surface area (Å²) in [5, 5.41) is 16.8. The predicted octanol–water partition coefficient (Wildman–Crippen LogP) is 1.14. The normalized spacial score (nSPS) is 19.2. The highest BCUT2D eigenvalue weighted by atomic mass is 16.6. The van der Waals surface area contributed by atoms with Crippen molar-refractivity contribution in [2.24, 2.45) is 0 Å². The molecule has 0 spiro atoms. The van der Waals surface area contributed by atoms with Gasteiger partial charge < -0.3 is 10.6 Å². The molecule has 1 aromatic carbocycles. The van der Waals surface area contributed by atoms with Crippen molar-refractivity contribution in [1.82, 2.24) is 10.2 Å². The Kier molecular flexibility index (Phi) is 4.87. The number of aryl methyl sites for hydroxylation is 1. The maximum absolute atomic E-state index is 12.1. The molecule has 1 aromatic rings. The average molecular weight is 292 g/mol. The van der Waals surface area contributed by atoms with Crippen molar-refractivity contribution in [3.8, 4) is 0 Å². The zero-order valence-electron chi connectivity index (χ0n) is 12.3. The average Bonchev–Trinajstić information content (AvgIpc) is 2.43. The van der Waals surface area contributed by atoms with Crippen molar-refractivity contribution in [3.63, 3.8) is 0 Å². The number of non-ortho nitro benzene ring substituents is 1. The van der Waals surface area contributed by atoms with Gasteiger partial charge in [-0.1, -0.05) is 6.07 Å². The zero-order valence-corrected chi connectivity index (χ0v) is 12.3. The lowest BCUT2D eigenvalue weighted by atomic mass is 10.1. The molecule has 0 saturated carbocycles. The molecule has 2 N–H and O–H groups in total. The predicted molar refractivity (Wildman–Crippen MR) is 80.4 cm³/mol. The largest absolute Gasteiger partial charge is 0.324 e. The van der Waals surface area contributed by atoms with Crippen LogP contribution in [0.15, 0.2) is 18.2 Å². The molecule has 1 saturated heterocycles. The minimum absolute atomic E-state index is 0.0218. The Morgan fingerprint density at radius 2 is 2.33 bits per heavy atom. The second-order valence-corrected chi connectivity index (χ2v) is 5.33. The first-order chi connectivity index (χ1) is 9.97. The molecule has 114 valence electrons. The molecule has 2 rings (SSSR count). The fourth-order valence-electron chi connectivity index (χ4n) is 2.35. The summed E-state index contributed by atoms with van der Waals surface area (Å²) in [6.45, 7) is 6.73. The molecule has 1 heterocycles. The molecule has 0 aromatic heterocycles. The Labute approximate surface area is 123 Å². The number of benzene rings is 1. The number of nitro benzene ring substituents is 1. The van der Waals surface area contributed by atoms with Crippen molar-refractivity contribution < 1.29 is 9.72 Å². The van der Waals surface area contributed by atoms with Gasteiger partial charge in [-0.05, 0) is 19.4 Å². The van der Waals surface area contributed by atoms with Crippen molar-refractivity contribution in [3.05, 3.63) is 33.9 Å². The van der Waals surface area contributed by atoms with Gasteiger partial charge in [-0.15, -0.1) is 0 Å². The van der Waals surface area contributed by atoms with Crippen LogP contribution in [0.4, 0.5) is 11.4 Å². The highest BCUT2D eigenvalue weighted by Gasteiger charge is 2.20. The lowest BCUT2D eigenvalue weighted by Gasteiger charge is -2.33.